The summed E-state index contributed by atoms with van der Waals surface area (Å²) in [6, 6.07) is 13.9. The standard InChI is InChI=1S/C32H40N4O7S2/c1-42-17-15-34(16-18-43-2)29-14-13-25(20-33-29)45(40,41)35-21-27(23-9-5-3-6-10-23)36(30(37)22-35)26-19-28(44-31(26)32(38)39)24-11-7-4-8-12-24/h4,7-8,11-14,19-20,23,27H,3,5-6,9-10,15-18,21-22H2,1-2H3,(H,38,39). The molecule has 5 rings (SSSR count). The molecule has 45 heavy (non-hydrogen) atoms. The highest BCUT2D eigenvalue weighted by Crippen LogP contribution is 2.42. The van der Waals surface area contributed by atoms with Crippen molar-refractivity contribution < 1.29 is 32.6 Å². The molecule has 1 aromatic carbocycles. The number of pyridine rings is 1. The topological polar surface area (TPSA) is 130 Å². The van der Waals surface area contributed by atoms with Crippen molar-refractivity contribution in [2.75, 3.05) is 63.4 Å². The van der Waals surface area contributed by atoms with E-state index < -0.39 is 34.5 Å². The van der Waals surface area contributed by atoms with E-state index in [9.17, 15) is 23.1 Å². The molecule has 2 aliphatic rings. The van der Waals surface area contributed by atoms with Crippen LogP contribution in [0.15, 0.2) is 59.6 Å². The highest BCUT2D eigenvalue weighted by Gasteiger charge is 2.44. The Bertz CT molecular complexity index is 1550. The minimum absolute atomic E-state index is 0.00134. The van der Waals surface area contributed by atoms with Gasteiger partial charge in [0.2, 0.25) is 15.9 Å². The number of carboxylic acid groups (broad SMARTS) is 1. The first kappa shape index (κ1) is 33.0. The van der Waals surface area contributed by atoms with Gasteiger partial charge in [-0.05, 0) is 42.5 Å². The van der Waals surface area contributed by atoms with Crippen molar-refractivity contribution >= 4 is 44.7 Å². The lowest BCUT2D eigenvalue weighted by Crippen LogP contribution is -2.60. The van der Waals surface area contributed by atoms with Crippen LogP contribution in [-0.2, 0) is 24.3 Å². The Hall–Kier alpha value is -3.36. The van der Waals surface area contributed by atoms with Crippen LogP contribution in [0.4, 0.5) is 11.5 Å². The van der Waals surface area contributed by atoms with Gasteiger partial charge in [-0.2, -0.15) is 4.31 Å². The molecular formula is C32H40N4O7S2. The van der Waals surface area contributed by atoms with Crippen LogP contribution in [0, 0.1) is 5.92 Å². The number of ether oxygens (including phenoxy) is 2. The molecular weight excluding hydrogens is 617 g/mol. The molecule has 1 N–H and O–H groups in total. The molecule has 0 spiro atoms. The van der Waals surface area contributed by atoms with Crippen LogP contribution in [0.2, 0.25) is 0 Å². The van der Waals surface area contributed by atoms with Crippen LogP contribution in [0.3, 0.4) is 0 Å². The number of aromatic carboxylic acids is 1. The SMILES string of the molecule is COCCN(CCOC)c1ccc(S(=O)(=O)N2CC(=O)N(c3cc(-c4ccccc4)sc3C(=O)O)C(C3CCCCC3)C2)cn1. The van der Waals surface area contributed by atoms with Crippen molar-refractivity contribution in [3.8, 4) is 10.4 Å². The van der Waals surface area contributed by atoms with Gasteiger partial charge >= 0.3 is 5.97 Å². The summed E-state index contributed by atoms with van der Waals surface area (Å²) >= 11 is 1.13. The van der Waals surface area contributed by atoms with E-state index in [0.29, 0.717) is 37.8 Å². The number of amides is 1. The second-order valence-corrected chi connectivity index (χ2v) is 14.3. The predicted octanol–water partition coefficient (Wildman–Crippen LogP) is 4.59. The second-order valence-electron chi connectivity index (χ2n) is 11.3. The summed E-state index contributed by atoms with van der Waals surface area (Å²) in [5, 5.41) is 10.2. The van der Waals surface area contributed by atoms with E-state index in [1.807, 2.05) is 35.2 Å². The Morgan fingerprint density at radius 3 is 2.33 bits per heavy atom. The number of carbonyl (C=O) groups is 2. The average molecular weight is 657 g/mol. The third-order valence-electron chi connectivity index (χ3n) is 8.53. The monoisotopic (exact) mass is 656 g/mol. The zero-order valence-corrected chi connectivity index (χ0v) is 27.3. The van der Waals surface area contributed by atoms with Gasteiger partial charge in [-0.25, -0.2) is 18.2 Å². The first-order valence-corrected chi connectivity index (χ1v) is 17.4. The molecule has 2 aromatic heterocycles. The minimum atomic E-state index is -4.07. The van der Waals surface area contributed by atoms with Crippen LogP contribution in [0.1, 0.15) is 41.8 Å². The minimum Gasteiger partial charge on any atom is -0.477 e. The molecule has 0 bridgehead atoms. The van der Waals surface area contributed by atoms with Gasteiger partial charge in [0.25, 0.3) is 0 Å². The van der Waals surface area contributed by atoms with Crippen LogP contribution in [0.25, 0.3) is 10.4 Å². The predicted molar refractivity (Wildman–Crippen MR) is 174 cm³/mol. The average Bonchev–Trinajstić information content (AvgIpc) is 3.51. The van der Waals surface area contributed by atoms with Gasteiger partial charge in [0.15, 0.2) is 0 Å². The first-order chi connectivity index (χ1) is 21.7. The number of sulfonamides is 1. The van der Waals surface area contributed by atoms with E-state index >= 15 is 0 Å². The number of hydrogen-bond acceptors (Lipinski definition) is 9. The molecule has 11 nitrogen and oxygen atoms in total. The molecule has 1 aliphatic carbocycles. The van der Waals surface area contributed by atoms with E-state index in [-0.39, 0.29) is 22.2 Å². The van der Waals surface area contributed by atoms with Crippen molar-refractivity contribution in [3.05, 3.63) is 59.6 Å². The van der Waals surface area contributed by atoms with Gasteiger partial charge in [-0.1, -0.05) is 49.6 Å². The molecule has 1 saturated carbocycles. The van der Waals surface area contributed by atoms with E-state index in [1.165, 1.54) is 16.6 Å². The van der Waals surface area contributed by atoms with Crippen LogP contribution < -0.4 is 9.80 Å². The fourth-order valence-corrected chi connectivity index (χ4v) is 8.55. The zero-order valence-electron chi connectivity index (χ0n) is 25.6. The number of thiophene rings is 1. The molecule has 1 atom stereocenters. The largest absolute Gasteiger partial charge is 0.477 e. The molecule has 0 radical (unpaired) electrons. The number of nitrogens with zero attached hydrogens (tertiary/aromatic N) is 4. The number of carbonyl (C=O) groups excluding carboxylic acids is 1. The summed E-state index contributed by atoms with van der Waals surface area (Å²) in [5.74, 6) is -0.913. The summed E-state index contributed by atoms with van der Waals surface area (Å²) in [6.45, 7) is 1.75. The van der Waals surface area contributed by atoms with E-state index in [1.54, 1.807) is 31.3 Å². The number of benzene rings is 1. The summed E-state index contributed by atoms with van der Waals surface area (Å²) in [7, 11) is -0.844. The number of aromatic nitrogens is 1. The molecule has 242 valence electrons. The molecule has 1 unspecified atom stereocenters. The van der Waals surface area contributed by atoms with Crippen LogP contribution in [-0.4, -0.2) is 94.3 Å². The molecule has 13 heteroatoms. The second kappa shape index (κ2) is 14.8. The summed E-state index contributed by atoms with van der Waals surface area (Å²) in [4.78, 5) is 35.2. The third-order valence-corrected chi connectivity index (χ3v) is 11.5. The van der Waals surface area contributed by atoms with Gasteiger partial charge in [0, 0.05) is 44.9 Å². The van der Waals surface area contributed by atoms with E-state index in [0.717, 1.165) is 53.9 Å². The Morgan fingerprint density at radius 1 is 1.04 bits per heavy atom. The smallest absolute Gasteiger partial charge is 0.348 e. The van der Waals surface area contributed by atoms with Gasteiger partial charge in [-0.15, -0.1) is 11.3 Å². The van der Waals surface area contributed by atoms with Crippen LogP contribution >= 0.6 is 11.3 Å². The molecule has 3 heterocycles. The van der Waals surface area contributed by atoms with E-state index in [2.05, 4.69) is 4.98 Å². The molecule has 1 aliphatic heterocycles. The Kier molecular flexibility index (Phi) is 10.9. The van der Waals surface area contributed by atoms with Gasteiger partial charge in [0.1, 0.15) is 15.6 Å². The molecule has 2 fully saturated rings. The Labute approximate surface area is 268 Å². The van der Waals surface area contributed by atoms with Crippen molar-refractivity contribution in [2.45, 2.75) is 43.0 Å². The summed E-state index contributed by atoms with van der Waals surface area (Å²) in [5.41, 5.74) is 1.19. The molecule has 1 amide bonds. The number of hydrogen-bond donors (Lipinski definition) is 1. The van der Waals surface area contributed by atoms with Gasteiger partial charge in [-0.3, -0.25) is 4.79 Å². The highest BCUT2D eigenvalue weighted by atomic mass is 32.2. The number of piperazine rings is 1. The lowest BCUT2D eigenvalue weighted by atomic mass is 9.82. The Balaban J connectivity index is 1.46. The normalized spacial score (nSPS) is 18.3. The maximum absolute atomic E-state index is 14.0. The van der Waals surface area contributed by atoms with Crippen molar-refractivity contribution in [1.82, 2.24) is 9.29 Å². The third kappa shape index (κ3) is 7.39. The zero-order chi connectivity index (χ0) is 32.0. The Morgan fingerprint density at radius 2 is 1.73 bits per heavy atom. The fourth-order valence-electron chi connectivity index (χ4n) is 6.21. The number of anilines is 2. The van der Waals surface area contributed by atoms with Crippen molar-refractivity contribution in [2.24, 2.45) is 5.92 Å². The lowest BCUT2D eigenvalue weighted by Gasteiger charge is -2.44. The summed E-state index contributed by atoms with van der Waals surface area (Å²) in [6.07, 6.45) is 6.06. The number of carboxylic acids is 1. The number of rotatable bonds is 13. The number of methoxy groups -OCH3 is 2. The van der Waals surface area contributed by atoms with Gasteiger partial charge in [0.05, 0.1) is 31.5 Å². The van der Waals surface area contributed by atoms with Crippen molar-refractivity contribution in [1.29, 1.82) is 0 Å². The highest BCUT2D eigenvalue weighted by molar-refractivity contribution is 7.89. The van der Waals surface area contributed by atoms with Crippen molar-refractivity contribution in [3.63, 3.8) is 0 Å². The molecule has 1 saturated heterocycles. The fraction of sp³-hybridized carbons (Fsp3) is 0.469. The maximum atomic E-state index is 14.0. The lowest BCUT2D eigenvalue weighted by molar-refractivity contribution is -0.121. The first-order valence-electron chi connectivity index (χ1n) is 15.2. The van der Waals surface area contributed by atoms with E-state index in [4.69, 9.17) is 9.47 Å². The maximum Gasteiger partial charge on any atom is 0.348 e. The quantitative estimate of drug-likeness (QED) is 0.281. The summed E-state index contributed by atoms with van der Waals surface area (Å²) < 4.78 is 39.6. The molecule has 3 aromatic rings. The van der Waals surface area contributed by atoms with Gasteiger partial charge < -0.3 is 24.4 Å². The van der Waals surface area contributed by atoms with Crippen LogP contribution in [0.5, 0.6) is 0 Å².